The highest BCUT2D eigenvalue weighted by Crippen LogP contribution is 2.13. The molecule has 1 rings (SSSR count). The zero-order valence-corrected chi connectivity index (χ0v) is 11.2. The SMILES string of the molecule is CCNCC(C)CCc1ccc(Br)cc1. The third-order valence-electron chi connectivity index (χ3n) is 2.58. The molecule has 0 saturated carbocycles. The first-order valence-electron chi connectivity index (χ1n) is 5.67. The monoisotopic (exact) mass is 269 g/mol. The van der Waals surface area contributed by atoms with E-state index in [0.717, 1.165) is 23.5 Å². The molecule has 1 unspecified atom stereocenters. The van der Waals surface area contributed by atoms with Crippen LogP contribution < -0.4 is 5.32 Å². The lowest BCUT2D eigenvalue weighted by Crippen LogP contribution is -2.20. The van der Waals surface area contributed by atoms with Crippen LogP contribution in [0.15, 0.2) is 28.7 Å². The Bertz CT molecular complexity index is 268. The summed E-state index contributed by atoms with van der Waals surface area (Å²) < 4.78 is 1.16. The number of rotatable bonds is 6. The second-order valence-electron chi connectivity index (χ2n) is 4.08. The molecule has 0 bridgehead atoms. The minimum absolute atomic E-state index is 0.758. The molecule has 0 aliphatic rings. The largest absolute Gasteiger partial charge is 0.317 e. The zero-order valence-electron chi connectivity index (χ0n) is 9.59. The first-order valence-corrected chi connectivity index (χ1v) is 6.46. The number of nitrogens with one attached hydrogen (secondary N) is 1. The highest BCUT2D eigenvalue weighted by molar-refractivity contribution is 9.10. The van der Waals surface area contributed by atoms with Crippen LogP contribution in [0.4, 0.5) is 0 Å². The van der Waals surface area contributed by atoms with Crippen LogP contribution in [0.2, 0.25) is 0 Å². The Kier molecular flexibility index (Phi) is 5.96. The predicted molar refractivity (Wildman–Crippen MR) is 70.2 cm³/mol. The highest BCUT2D eigenvalue weighted by Gasteiger charge is 2.01. The summed E-state index contributed by atoms with van der Waals surface area (Å²) in [6, 6.07) is 8.63. The van der Waals surface area contributed by atoms with Gasteiger partial charge in [0.15, 0.2) is 0 Å². The molecular weight excluding hydrogens is 250 g/mol. The standard InChI is InChI=1S/C13H20BrN/c1-3-15-10-11(2)4-5-12-6-8-13(14)9-7-12/h6-9,11,15H,3-5,10H2,1-2H3. The molecule has 84 valence electrons. The number of benzene rings is 1. The molecule has 1 N–H and O–H groups in total. The molecule has 0 saturated heterocycles. The van der Waals surface area contributed by atoms with Crippen molar-refractivity contribution in [3.63, 3.8) is 0 Å². The van der Waals surface area contributed by atoms with Gasteiger partial charge < -0.3 is 5.32 Å². The van der Waals surface area contributed by atoms with Crippen LogP contribution >= 0.6 is 15.9 Å². The van der Waals surface area contributed by atoms with Gasteiger partial charge in [0, 0.05) is 4.47 Å². The van der Waals surface area contributed by atoms with Crippen LogP contribution in [0.1, 0.15) is 25.8 Å². The Balaban J connectivity index is 2.27. The lowest BCUT2D eigenvalue weighted by molar-refractivity contribution is 0.489. The molecule has 0 aliphatic carbocycles. The van der Waals surface area contributed by atoms with Crippen molar-refractivity contribution in [2.75, 3.05) is 13.1 Å². The van der Waals surface area contributed by atoms with Crippen molar-refractivity contribution < 1.29 is 0 Å². The number of hydrogen-bond donors (Lipinski definition) is 1. The smallest absolute Gasteiger partial charge is 0.0175 e. The quantitative estimate of drug-likeness (QED) is 0.832. The molecule has 0 aliphatic heterocycles. The third-order valence-corrected chi connectivity index (χ3v) is 3.11. The van der Waals surface area contributed by atoms with Crippen molar-refractivity contribution in [3.8, 4) is 0 Å². The van der Waals surface area contributed by atoms with E-state index in [0.29, 0.717) is 0 Å². The molecule has 1 atom stereocenters. The molecule has 0 heterocycles. The van der Waals surface area contributed by atoms with Crippen molar-refractivity contribution in [1.82, 2.24) is 5.32 Å². The summed E-state index contributed by atoms with van der Waals surface area (Å²) in [6.45, 7) is 6.67. The highest BCUT2D eigenvalue weighted by atomic mass is 79.9. The fraction of sp³-hybridized carbons (Fsp3) is 0.538. The van der Waals surface area contributed by atoms with Gasteiger partial charge in [0.2, 0.25) is 0 Å². The van der Waals surface area contributed by atoms with Gasteiger partial charge in [-0.1, -0.05) is 41.9 Å². The van der Waals surface area contributed by atoms with Gasteiger partial charge >= 0.3 is 0 Å². The van der Waals surface area contributed by atoms with Gasteiger partial charge in [0.1, 0.15) is 0 Å². The van der Waals surface area contributed by atoms with Gasteiger partial charge in [-0.3, -0.25) is 0 Å². The van der Waals surface area contributed by atoms with Gasteiger partial charge in [-0.15, -0.1) is 0 Å². The lowest BCUT2D eigenvalue weighted by atomic mass is 10.0. The van der Waals surface area contributed by atoms with E-state index in [1.54, 1.807) is 0 Å². The molecule has 0 radical (unpaired) electrons. The summed E-state index contributed by atoms with van der Waals surface area (Å²) in [7, 11) is 0. The maximum absolute atomic E-state index is 3.45. The Morgan fingerprint density at radius 1 is 1.27 bits per heavy atom. The van der Waals surface area contributed by atoms with E-state index < -0.39 is 0 Å². The summed E-state index contributed by atoms with van der Waals surface area (Å²) in [5.74, 6) is 0.758. The predicted octanol–water partition coefficient (Wildman–Crippen LogP) is 3.63. The Labute approximate surface area is 101 Å². The van der Waals surface area contributed by atoms with E-state index >= 15 is 0 Å². The summed E-state index contributed by atoms with van der Waals surface area (Å²) in [5.41, 5.74) is 1.43. The van der Waals surface area contributed by atoms with E-state index in [4.69, 9.17) is 0 Å². The van der Waals surface area contributed by atoms with Gasteiger partial charge in [0.05, 0.1) is 0 Å². The lowest BCUT2D eigenvalue weighted by Gasteiger charge is -2.11. The topological polar surface area (TPSA) is 12.0 Å². The van der Waals surface area contributed by atoms with Gasteiger partial charge in [-0.25, -0.2) is 0 Å². The molecular formula is C13H20BrN. The van der Waals surface area contributed by atoms with Crippen LogP contribution in [0.5, 0.6) is 0 Å². The Morgan fingerprint density at radius 3 is 2.53 bits per heavy atom. The maximum atomic E-state index is 3.45. The van der Waals surface area contributed by atoms with Crippen LogP contribution in [-0.2, 0) is 6.42 Å². The molecule has 0 aromatic heterocycles. The number of halogens is 1. The second-order valence-corrected chi connectivity index (χ2v) is 4.99. The Hall–Kier alpha value is -0.340. The van der Waals surface area contributed by atoms with Crippen LogP contribution in [-0.4, -0.2) is 13.1 Å². The molecule has 0 fully saturated rings. The summed E-state index contributed by atoms with van der Waals surface area (Å²) in [6.07, 6.45) is 2.44. The van der Waals surface area contributed by atoms with Gasteiger partial charge in [-0.2, -0.15) is 0 Å². The normalized spacial score (nSPS) is 12.7. The van der Waals surface area contributed by atoms with E-state index in [-0.39, 0.29) is 0 Å². The third kappa shape index (κ3) is 5.33. The van der Waals surface area contributed by atoms with Gasteiger partial charge in [0.25, 0.3) is 0 Å². The van der Waals surface area contributed by atoms with Crippen LogP contribution in [0.3, 0.4) is 0 Å². The second kappa shape index (κ2) is 7.02. The summed E-state index contributed by atoms with van der Waals surface area (Å²) in [4.78, 5) is 0. The van der Waals surface area contributed by atoms with Gasteiger partial charge in [-0.05, 0) is 49.5 Å². The van der Waals surface area contributed by atoms with Crippen molar-refractivity contribution >= 4 is 15.9 Å². The molecule has 0 spiro atoms. The molecule has 1 aromatic rings. The van der Waals surface area contributed by atoms with Crippen LogP contribution in [0.25, 0.3) is 0 Å². The molecule has 2 heteroatoms. The van der Waals surface area contributed by atoms with Crippen molar-refractivity contribution in [2.24, 2.45) is 5.92 Å². The molecule has 0 amide bonds. The van der Waals surface area contributed by atoms with E-state index in [2.05, 4.69) is 59.4 Å². The van der Waals surface area contributed by atoms with E-state index in [1.165, 1.54) is 18.4 Å². The zero-order chi connectivity index (χ0) is 11.1. The summed E-state index contributed by atoms with van der Waals surface area (Å²) in [5, 5.41) is 3.39. The van der Waals surface area contributed by atoms with Crippen molar-refractivity contribution in [3.05, 3.63) is 34.3 Å². The summed E-state index contributed by atoms with van der Waals surface area (Å²) >= 11 is 3.45. The van der Waals surface area contributed by atoms with E-state index in [1.807, 2.05) is 0 Å². The van der Waals surface area contributed by atoms with Crippen LogP contribution in [0, 0.1) is 5.92 Å². The number of aryl methyl sites for hydroxylation is 1. The van der Waals surface area contributed by atoms with E-state index in [9.17, 15) is 0 Å². The van der Waals surface area contributed by atoms with Crippen molar-refractivity contribution in [2.45, 2.75) is 26.7 Å². The minimum atomic E-state index is 0.758. The maximum Gasteiger partial charge on any atom is 0.0175 e. The molecule has 15 heavy (non-hydrogen) atoms. The minimum Gasteiger partial charge on any atom is -0.317 e. The number of hydrogen-bond acceptors (Lipinski definition) is 1. The fourth-order valence-electron chi connectivity index (χ4n) is 1.56. The first-order chi connectivity index (χ1) is 7.22. The van der Waals surface area contributed by atoms with Crippen molar-refractivity contribution in [1.29, 1.82) is 0 Å². The first kappa shape index (κ1) is 12.7. The fourth-order valence-corrected chi connectivity index (χ4v) is 1.82. The molecule has 1 nitrogen and oxygen atoms in total. The Morgan fingerprint density at radius 2 is 1.93 bits per heavy atom. The average Bonchev–Trinajstić information content (AvgIpc) is 2.25. The molecule has 1 aromatic carbocycles. The average molecular weight is 270 g/mol.